The first-order valence-electron chi connectivity index (χ1n) is 9.47. The van der Waals surface area contributed by atoms with E-state index in [0.29, 0.717) is 13.1 Å². The molecule has 0 radical (unpaired) electrons. The Kier molecular flexibility index (Phi) is 6.05. The summed E-state index contributed by atoms with van der Waals surface area (Å²) in [6.07, 6.45) is 0. The molecule has 1 aliphatic heterocycles. The SMILES string of the molecule is Cc1cccc(N2CCN(C(=O)[C@H](C)NS(=O)(=O)c3ccccc3)CC2)c1C. The Morgan fingerprint density at radius 3 is 2.25 bits per heavy atom. The molecule has 0 unspecified atom stereocenters. The minimum absolute atomic E-state index is 0.161. The summed E-state index contributed by atoms with van der Waals surface area (Å²) in [6, 6.07) is 13.6. The summed E-state index contributed by atoms with van der Waals surface area (Å²) >= 11 is 0. The molecular weight excluding hydrogens is 374 g/mol. The molecular formula is C21H27N3O3S. The number of aryl methyl sites for hydroxylation is 1. The Labute approximate surface area is 167 Å². The van der Waals surface area contributed by atoms with Gasteiger partial charge in [0.15, 0.2) is 0 Å². The molecule has 150 valence electrons. The highest BCUT2D eigenvalue weighted by Gasteiger charge is 2.28. The fraction of sp³-hybridized carbons (Fsp3) is 0.381. The first-order valence-corrected chi connectivity index (χ1v) is 11.0. The fourth-order valence-electron chi connectivity index (χ4n) is 3.47. The van der Waals surface area contributed by atoms with Crippen molar-refractivity contribution in [3.05, 3.63) is 59.7 Å². The molecule has 0 aliphatic carbocycles. The molecule has 0 bridgehead atoms. The second-order valence-electron chi connectivity index (χ2n) is 7.19. The number of rotatable bonds is 5. The van der Waals surface area contributed by atoms with Crippen LogP contribution in [0.5, 0.6) is 0 Å². The maximum atomic E-state index is 12.8. The van der Waals surface area contributed by atoms with Gasteiger partial charge in [0.25, 0.3) is 0 Å². The zero-order valence-corrected chi connectivity index (χ0v) is 17.4. The van der Waals surface area contributed by atoms with Gasteiger partial charge < -0.3 is 9.80 Å². The van der Waals surface area contributed by atoms with Crippen molar-refractivity contribution in [2.45, 2.75) is 31.7 Å². The number of amides is 1. The van der Waals surface area contributed by atoms with Gasteiger partial charge in [-0.3, -0.25) is 4.79 Å². The third kappa shape index (κ3) is 4.36. The van der Waals surface area contributed by atoms with Gasteiger partial charge in [-0.2, -0.15) is 4.72 Å². The Balaban J connectivity index is 1.61. The van der Waals surface area contributed by atoms with Crippen LogP contribution in [0.25, 0.3) is 0 Å². The number of benzene rings is 2. The second-order valence-corrected chi connectivity index (χ2v) is 8.90. The monoisotopic (exact) mass is 401 g/mol. The van der Waals surface area contributed by atoms with Crippen molar-refractivity contribution in [1.29, 1.82) is 0 Å². The molecule has 1 fully saturated rings. The molecule has 7 heteroatoms. The predicted octanol–water partition coefficient (Wildman–Crippen LogP) is 2.32. The number of piperazine rings is 1. The van der Waals surface area contributed by atoms with E-state index >= 15 is 0 Å². The van der Waals surface area contributed by atoms with Crippen LogP contribution in [0.1, 0.15) is 18.1 Å². The van der Waals surface area contributed by atoms with Crippen molar-refractivity contribution in [3.8, 4) is 0 Å². The summed E-state index contributed by atoms with van der Waals surface area (Å²) in [7, 11) is -3.72. The van der Waals surface area contributed by atoms with Crippen molar-refractivity contribution >= 4 is 21.6 Å². The summed E-state index contributed by atoms with van der Waals surface area (Å²) in [4.78, 5) is 16.9. The lowest BCUT2D eigenvalue weighted by molar-refractivity contribution is -0.132. The van der Waals surface area contributed by atoms with Gasteiger partial charge in [0.2, 0.25) is 15.9 Å². The van der Waals surface area contributed by atoms with E-state index in [0.717, 1.165) is 13.1 Å². The molecule has 1 heterocycles. The van der Waals surface area contributed by atoms with Crippen molar-refractivity contribution in [2.75, 3.05) is 31.1 Å². The van der Waals surface area contributed by atoms with E-state index in [1.807, 2.05) is 0 Å². The van der Waals surface area contributed by atoms with E-state index in [4.69, 9.17) is 0 Å². The smallest absolute Gasteiger partial charge is 0.241 e. The summed E-state index contributed by atoms with van der Waals surface area (Å²) in [5.41, 5.74) is 3.70. The molecule has 1 N–H and O–H groups in total. The molecule has 0 saturated carbocycles. The van der Waals surface area contributed by atoms with Crippen LogP contribution in [-0.4, -0.2) is 51.4 Å². The van der Waals surface area contributed by atoms with Gasteiger partial charge in [0, 0.05) is 31.9 Å². The number of nitrogens with one attached hydrogen (secondary N) is 1. The van der Waals surface area contributed by atoms with Crippen LogP contribution >= 0.6 is 0 Å². The topological polar surface area (TPSA) is 69.7 Å². The van der Waals surface area contributed by atoms with Gasteiger partial charge in [-0.05, 0) is 50.1 Å². The Morgan fingerprint density at radius 1 is 0.964 bits per heavy atom. The normalized spacial score (nSPS) is 16.1. The van der Waals surface area contributed by atoms with E-state index in [2.05, 4.69) is 41.7 Å². The summed E-state index contributed by atoms with van der Waals surface area (Å²) in [5.74, 6) is -0.194. The van der Waals surface area contributed by atoms with E-state index in [1.165, 1.54) is 28.9 Å². The number of carbonyl (C=O) groups is 1. The molecule has 2 aromatic carbocycles. The van der Waals surface area contributed by atoms with Crippen LogP contribution < -0.4 is 9.62 Å². The molecule has 2 aromatic rings. The van der Waals surface area contributed by atoms with Crippen molar-refractivity contribution in [2.24, 2.45) is 0 Å². The number of hydrogen-bond donors (Lipinski definition) is 1. The van der Waals surface area contributed by atoms with Gasteiger partial charge >= 0.3 is 0 Å². The third-order valence-electron chi connectivity index (χ3n) is 5.26. The van der Waals surface area contributed by atoms with Crippen LogP contribution in [0.4, 0.5) is 5.69 Å². The van der Waals surface area contributed by atoms with Gasteiger partial charge in [-0.1, -0.05) is 30.3 Å². The molecule has 0 spiro atoms. The number of nitrogens with zero attached hydrogens (tertiary/aromatic N) is 2. The molecule has 1 amide bonds. The van der Waals surface area contributed by atoms with E-state index < -0.39 is 16.1 Å². The summed E-state index contributed by atoms with van der Waals surface area (Å²) in [6.45, 7) is 8.41. The fourth-order valence-corrected chi connectivity index (χ4v) is 4.69. The van der Waals surface area contributed by atoms with Crippen molar-refractivity contribution < 1.29 is 13.2 Å². The van der Waals surface area contributed by atoms with Gasteiger partial charge in [-0.15, -0.1) is 0 Å². The second kappa shape index (κ2) is 8.32. The zero-order valence-electron chi connectivity index (χ0n) is 16.6. The van der Waals surface area contributed by atoms with Crippen molar-refractivity contribution in [3.63, 3.8) is 0 Å². The summed E-state index contributed by atoms with van der Waals surface area (Å²) < 4.78 is 27.4. The predicted molar refractivity (Wildman–Crippen MR) is 111 cm³/mol. The molecule has 1 saturated heterocycles. The number of hydrogen-bond acceptors (Lipinski definition) is 4. The van der Waals surface area contributed by atoms with Crippen LogP contribution in [0.2, 0.25) is 0 Å². The Morgan fingerprint density at radius 2 is 1.61 bits per heavy atom. The number of sulfonamides is 1. The quantitative estimate of drug-likeness (QED) is 0.835. The third-order valence-corrected chi connectivity index (χ3v) is 6.82. The molecule has 1 atom stereocenters. The zero-order chi connectivity index (χ0) is 20.3. The Hall–Kier alpha value is -2.38. The maximum absolute atomic E-state index is 12.8. The van der Waals surface area contributed by atoms with E-state index in [1.54, 1.807) is 30.0 Å². The first-order chi connectivity index (χ1) is 13.3. The van der Waals surface area contributed by atoms with E-state index in [-0.39, 0.29) is 10.8 Å². The van der Waals surface area contributed by atoms with Crippen LogP contribution in [0.3, 0.4) is 0 Å². The number of carbonyl (C=O) groups excluding carboxylic acids is 1. The lowest BCUT2D eigenvalue weighted by atomic mass is 10.1. The van der Waals surface area contributed by atoms with Crippen molar-refractivity contribution in [1.82, 2.24) is 9.62 Å². The molecule has 28 heavy (non-hydrogen) atoms. The minimum Gasteiger partial charge on any atom is -0.368 e. The average molecular weight is 402 g/mol. The molecule has 0 aromatic heterocycles. The number of anilines is 1. The van der Waals surface area contributed by atoms with Gasteiger partial charge in [0.1, 0.15) is 0 Å². The lowest BCUT2D eigenvalue weighted by Crippen LogP contribution is -2.54. The highest BCUT2D eigenvalue weighted by molar-refractivity contribution is 7.89. The van der Waals surface area contributed by atoms with E-state index in [9.17, 15) is 13.2 Å². The molecule has 3 rings (SSSR count). The largest absolute Gasteiger partial charge is 0.368 e. The maximum Gasteiger partial charge on any atom is 0.241 e. The molecule has 6 nitrogen and oxygen atoms in total. The molecule has 1 aliphatic rings. The first kappa shape index (κ1) is 20.4. The van der Waals surface area contributed by atoms with Crippen LogP contribution in [0, 0.1) is 13.8 Å². The lowest BCUT2D eigenvalue weighted by Gasteiger charge is -2.38. The summed E-state index contributed by atoms with van der Waals surface area (Å²) in [5, 5.41) is 0. The van der Waals surface area contributed by atoms with Gasteiger partial charge in [0.05, 0.1) is 10.9 Å². The standard InChI is InChI=1S/C21H27N3O3S/c1-16-8-7-11-20(17(16)2)23-12-14-24(15-13-23)21(25)18(3)22-28(26,27)19-9-5-4-6-10-19/h4-11,18,22H,12-15H2,1-3H3/t18-/m0/s1. The minimum atomic E-state index is -3.72. The average Bonchev–Trinajstić information content (AvgIpc) is 2.70. The highest BCUT2D eigenvalue weighted by atomic mass is 32.2. The highest BCUT2D eigenvalue weighted by Crippen LogP contribution is 2.24. The van der Waals surface area contributed by atoms with Crippen LogP contribution in [-0.2, 0) is 14.8 Å². The van der Waals surface area contributed by atoms with Crippen LogP contribution in [0.15, 0.2) is 53.4 Å². The van der Waals surface area contributed by atoms with Gasteiger partial charge in [-0.25, -0.2) is 8.42 Å². The Bertz CT molecular complexity index is 937.